The average molecular weight is 428 g/mol. The molecule has 1 saturated heterocycles. The molecule has 2 aliphatic rings. The van der Waals surface area contributed by atoms with Crippen molar-refractivity contribution >= 4 is 10.9 Å². The van der Waals surface area contributed by atoms with Crippen molar-refractivity contribution in [2.24, 2.45) is 0 Å². The first kappa shape index (κ1) is 20.5. The fourth-order valence-corrected chi connectivity index (χ4v) is 4.76. The summed E-state index contributed by atoms with van der Waals surface area (Å²) in [5, 5.41) is 15.8. The van der Waals surface area contributed by atoms with Gasteiger partial charge in [0.15, 0.2) is 11.6 Å². The van der Waals surface area contributed by atoms with Crippen LogP contribution in [0.2, 0.25) is 0 Å². The number of pyridine rings is 1. The van der Waals surface area contributed by atoms with Crippen LogP contribution in [0.1, 0.15) is 39.3 Å². The Morgan fingerprint density at radius 1 is 1.10 bits per heavy atom. The summed E-state index contributed by atoms with van der Waals surface area (Å²) in [6, 6.07) is 6.13. The fourth-order valence-electron chi connectivity index (χ4n) is 4.76. The molecular formula is C23H26F2N4O2. The average Bonchev–Trinajstić information content (AvgIpc) is 3.38. The standard InChI is InChI=1S/C23H26F2N4O2/c1-22(2,3)31-21(30)28-6-4-23(13-28)5-7-29-20(23)11-19(27-29)15-8-14-9-16(24)17(25)10-18(14)26-12-15/h8-12,21,30H,4-7,13H2,1-3H3. The van der Waals surface area contributed by atoms with E-state index in [1.807, 2.05) is 30.4 Å². The Labute approximate surface area is 179 Å². The zero-order valence-corrected chi connectivity index (χ0v) is 17.9. The topological polar surface area (TPSA) is 63.4 Å². The van der Waals surface area contributed by atoms with E-state index in [0.717, 1.165) is 55.0 Å². The molecule has 1 spiro atoms. The van der Waals surface area contributed by atoms with Crippen LogP contribution in [-0.4, -0.2) is 49.9 Å². The van der Waals surface area contributed by atoms with Gasteiger partial charge in [-0.2, -0.15) is 5.10 Å². The van der Waals surface area contributed by atoms with Crippen LogP contribution in [0.5, 0.6) is 0 Å². The molecule has 31 heavy (non-hydrogen) atoms. The molecule has 0 saturated carbocycles. The number of rotatable bonds is 3. The van der Waals surface area contributed by atoms with E-state index < -0.39 is 23.6 Å². The number of benzene rings is 1. The second-order valence-electron chi connectivity index (χ2n) is 9.63. The molecule has 0 bridgehead atoms. The molecule has 1 aromatic carbocycles. The molecule has 2 aromatic heterocycles. The lowest BCUT2D eigenvalue weighted by molar-refractivity contribution is -0.234. The number of nitrogens with zero attached hydrogens (tertiary/aromatic N) is 4. The Morgan fingerprint density at radius 2 is 1.84 bits per heavy atom. The summed E-state index contributed by atoms with van der Waals surface area (Å²) in [6.45, 7) is 8.04. The summed E-state index contributed by atoms with van der Waals surface area (Å²) in [7, 11) is 0. The molecule has 2 atom stereocenters. The minimum absolute atomic E-state index is 0.0764. The molecule has 1 N–H and O–H groups in total. The molecule has 0 radical (unpaired) electrons. The highest BCUT2D eigenvalue weighted by molar-refractivity contribution is 5.83. The van der Waals surface area contributed by atoms with Gasteiger partial charge in [-0.15, -0.1) is 0 Å². The van der Waals surface area contributed by atoms with Crippen molar-refractivity contribution in [3.8, 4) is 11.3 Å². The number of halogens is 2. The first-order valence-corrected chi connectivity index (χ1v) is 10.6. The predicted molar refractivity (Wildman–Crippen MR) is 112 cm³/mol. The normalized spacial score (nSPS) is 22.5. The Kier molecular flexibility index (Phi) is 4.66. The highest BCUT2D eigenvalue weighted by atomic mass is 19.2. The van der Waals surface area contributed by atoms with Gasteiger partial charge in [-0.3, -0.25) is 14.6 Å². The smallest absolute Gasteiger partial charge is 0.216 e. The van der Waals surface area contributed by atoms with Crippen molar-refractivity contribution in [1.82, 2.24) is 19.7 Å². The second-order valence-corrected chi connectivity index (χ2v) is 9.63. The maximum Gasteiger partial charge on any atom is 0.216 e. The van der Waals surface area contributed by atoms with Gasteiger partial charge in [0.2, 0.25) is 6.41 Å². The molecule has 1 fully saturated rings. The second kappa shape index (κ2) is 7.05. The van der Waals surface area contributed by atoms with Crippen molar-refractivity contribution in [2.45, 2.75) is 57.6 Å². The van der Waals surface area contributed by atoms with E-state index in [9.17, 15) is 13.9 Å². The molecule has 6 nitrogen and oxygen atoms in total. The van der Waals surface area contributed by atoms with Crippen LogP contribution in [0, 0.1) is 11.6 Å². The van der Waals surface area contributed by atoms with Crippen LogP contribution in [0.25, 0.3) is 22.2 Å². The van der Waals surface area contributed by atoms with Gasteiger partial charge in [0.25, 0.3) is 0 Å². The first-order chi connectivity index (χ1) is 14.6. The van der Waals surface area contributed by atoms with E-state index in [1.54, 1.807) is 12.3 Å². The Bertz CT molecular complexity index is 1160. The third-order valence-corrected chi connectivity index (χ3v) is 6.30. The minimum atomic E-state index is -0.934. The predicted octanol–water partition coefficient (Wildman–Crippen LogP) is 3.81. The van der Waals surface area contributed by atoms with Crippen molar-refractivity contribution in [3.05, 3.63) is 47.8 Å². The van der Waals surface area contributed by atoms with E-state index in [2.05, 4.69) is 11.1 Å². The third kappa shape index (κ3) is 3.62. The number of fused-ring (bicyclic) bond motifs is 3. The highest BCUT2D eigenvalue weighted by Crippen LogP contribution is 2.44. The molecule has 164 valence electrons. The number of aromatic nitrogens is 3. The monoisotopic (exact) mass is 428 g/mol. The fraction of sp³-hybridized carbons (Fsp3) is 0.478. The number of aliphatic hydroxyl groups excluding tert-OH is 1. The van der Waals surface area contributed by atoms with Gasteiger partial charge < -0.3 is 9.84 Å². The van der Waals surface area contributed by atoms with Gasteiger partial charge in [-0.05, 0) is 51.8 Å². The number of ether oxygens (including phenoxy) is 1. The zero-order chi connectivity index (χ0) is 22.0. The lowest BCUT2D eigenvalue weighted by Gasteiger charge is -2.31. The van der Waals surface area contributed by atoms with E-state index >= 15 is 0 Å². The number of aliphatic hydroxyl groups is 1. The van der Waals surface area contributed by atoms with Crippen molar-refractivity contribution in [3.63, 3.8) is 0 Å². The summed E-state index contributed by atoms with van der Waals surface area (Å²) in [4.78, 5) is 6.26. The maximum absolute atomic E-state index is 13.7. The number of hydrogen-bond donors (Lipinski definition) is 1. The minimum Gasteiger partial charge on any atom is -0.356 e. The van der Waals surface area contributed by atoms with Crippen molar-refractivity contribution in [2.75, 3.05) is 13.1 Å². The van der Waals surface area contributed by atoms with Crippen LogP contribution in [0.15, 0.2) is 30.5 Å². The van der Waals surface area contributed by atoms with E-state index in [4.69, 9.17) is 9.84 Å². The summed E-state index contributed by atoms with van der Waals surface area (Å²) in [6.07, 6.45) is 2.60. The molecule has 2 unspecified atom stereocenters. The lowest BCUT2D eigenvalue weighted by atomic mass is 9.82. The van der Waals surface area contributed by atoms with Crippen LogP contribution in [-0.2, 0) is 16.7 Å². The van der Waals surface area contributed by atoms with E-state index in [-0.39, 0.29) is 5.41 Å². The first-order valence-electron chi connectivity index (χ1n) is 10.6. The Hall–Kier alpha value is -2.42. The zero-order valence-electron chi connectivity index (χ0n) is 17.9. The van der Waals surface area contributed by atoms with Crippen LogP contribution >= 0.6 is 0 Å². The summed E-state index contributed by atoms with van der Waals surface area (Å²) in [5.41, 5.74) is 2.57. The molecule has 8 heteroatoms. The molecule has 3 aromatic rings. The maximum atomic E-state index is 13.7. The number of aryl methyl sites for hydroxylation is 1. The molecule has 5 rings (SSSR count). The van der Waals surface area contributed by atoms with E-state index in [0.29, 0.717) is 17.4 Å². The van der Waals surface area contributed by atoms with Crippen LogP contribution in [0.4, 0.5) is 8.78 Å². The molecule has 2 aliphatic heterocycles. The largest absolute Gasteiger partial charge is 0.356 e. The van der Waals surface area contributed by atoms with Gasteiger partial charge >= 0.3 is 0 Å². The summed E-state index contributed by atoms with van der Waals surface area (Å²) in [5.74, 6) is -1.79. The van der Waals surface area contributed by atoms with Crippen LogP contribution in [0.3, 0.4) is 0 Å². The summed E-state index contributed by atoms with van der Waals surface area (Å²) < 4.78 is 34.9. The quantitative estimate of drug-likeness (QED) is 0.643. The Morgan fingerprint density at radius 3 is 2.61 bits per heavy atom. The molecule has 0 aliphatic carbocycles. The molecule has 4 heterocycles. The number of hydrogen-bond acceptors (Lipinski definition) is 5. The third-order valence-electron chi connectivity index (χ3n) is 6.30. The SMILES string of the molecule is CC(C)(C)OC(O)N1CCC2(CCn3nc(-c4cnc5cc(F)c(F)cc5c4)cc32)C1. The van der Waals surface area contributed by atoms with Crippen molar-refractivity contribution < 1.29 is 18.6 Å². The molecular weight excluding hydrogens is 402 g/mol. The van der Waals surface area contributed by atoms with Gasteiger partial charge in [0.05, 0.1) is 16.8 Å². The van der Waals surface area contributed by atoms with Gasteiger partial charge in [0.1, 0.15) is 0 Å². The summed E-state index contributed by atoms with van der Waals surface area (Å²) >= 11 is 0. The molecule has 0 amide bonds. The van der Waals surface area contributed by atoms with Gasteiger partial charge in [-0.25, -0.2) is 8.78 Å². The van der Waals surface area contributed by atoms with Gasteiger partial charge in [0, 0.05) is 54.0 Å². The van der Waals surface area contributed by atoms with Crippen LogP contribution < -0.4 is 0 Å². The number of likely N-dealkylation sites (tertiary alicyclic amines) is 1. The van der Waals surface area contributed by atoms with Crippen molar-refractivity contribution in [1.29, 1.82) is 0 Å². The van der Waals surface area contributed by atoms with E-state index in [1.165, 1.54) is 0 Å². The Balaban J connectivity index is 1.42. The lowest BCUT2D eigenvalue weighted by Crippen LogP contribution is -2.42. The highest BCUT2D eigenvalue weighted by Gasteiger charge is 2.47. The van der Waals surface area contributed by atoms with Gasteiger partial charge in [-0.1, -0.05) is 0 Å².